The fourth-order valence-electron chi connectivity index (χ4n) is 8.57. The van der Waals surface area contributed by atoms with E-state index in [9.17, 15) is 4.89 Å². The minimum absolute atomic E-state index is 0.296. The molecule has 0 aliphatic carbocycles. The SMILES string of the molecule is O=P(O)(C(Cc1ccccc1)NC(c1ccccc1)(c1ccccc1)c1ccccc1)C(Cc1ccccc1)NC(c1ccccc1)(c1ccccc1)c1ccccc1. The van der Waals surface area contributed by atoms with Gasteiger partial charge in [0.1, 0.15) is 0 Å². The highest BCUT2D eigenvalue weighted by Crippen LogP contribution is 2.55. The highest BCUT2D eigenvalue weighted by molar-refractivity contribution is 7.59. The average molecular weight is 789 g/mol. The van der Waals surface area contributed by atoms with Crippen molar-refractivity contribution in [1.82, 2.24) is 10.6 Å². The highest BCUT2D eigenvalue weighted by atomic mass is 31.2. The summed E-state index contributed by atoms with van der Waals surface area (Å²) in [6, 6.07) is 82.0. The van der Waals surface area contributed by atoms with E-state index in [1.807, 2.05) is 170 Å². The molecule has 5 heteroatoms. The molecule has 8 aromatic carbocycles. The van der Waals surface area contributed by atoms with Crippen LogP contribution in [0.4, 0.5) is 0 Å². The van der Waals surface area contributed by atoms with E-state index in [1.165, 1.54) is 0 Å². The Labute approximate surface area is 348 Å². The topological polar surface area (TPSA) is 61.4 Å². The third kappa shape index (κ3) is 8.41. The maximum absolute atomic E-state index is 16.6. The molecule has 0 saturated heterocycles. The fourth-order valence-corrected chi connectivity index (χ4v) is 10.7. The van der Waals surface area contributed by atoms with Gasteiger partial charge in [-0.2, -0.15) is 0 Å². The molecule has 0 radical (unpaired) electrons. The molecule has 59 heavy (non-hydrogen) atoms. The normalized spacial score (nSPS) is 13.8. The van der Waals surface area contributed by atoms with Crippen LogP contribution in [0.15, 0.2) is 243 Å². The van der Waals surface area contributed by atoms with Gasteiger partial charge in [0.25, 0.3) is 0 Å². The molecule has 8 rings (SSSR count). The fraction of sp³-hybridized carbons (Fsp3) is 0.111. The highest BCUT2D eigenvalue weighted by Gasteiger charge is 2.49. The second-order valence-corrected chi connectivity index (χ2v) is 17.7. The molecule has 2 atom stereocenters. The lowest BCUT2D eigenvalue weighted by Gasteiger charge is -2.45. The summed E-state index contributed by atoms with van der Waals surface area (Å²) in [4.78, 5) is 13.6. The summed E-state index contributed by atoms with van der Waals surface area (Å²) in [6.45, 7) is 0. The van der Waals surface area contributed by atoms with E-state index in [2.05, 4.69) is 83.4 Å². The zero-order valence-electron chi connectivity index (χ0n) is 33.0. The zero-order chi connectivity index (χ0) is 40.4. The van der Waals surface area contributed by atoms with Crippen molar-refractivity contribution in [2.75, 3.05) is 0 Å². The van der Waals surface area contributed by atoms with Gasteiger partial charge in [-0.1, -0.05) is 243 Å². The molecule has 0 spiro atoms. The third-order valence-corrected chi connectivity index (χ3v) is 13.9. The summed E-state index contributed by atoms with van der Waals surface area (Å²) < 4.78 is 16.6. The third-order valence-electron chi connectivity index (χ3n) is 11.4. The number of nitrogens with one attached hydrogen (secondary N) is 2. The van der Waals surface area contributed by atoms with Crippen LogP contribution in [0.3, 0.4) is 0 Å². The molecule has 4 nitrogen and oxygen atoms in total. The summed E-state index contributed by atoms with van der Waals surface area (Å²) in [6.07, 6.45) is 0.593. The maximum atomic E-state index is 16.6. The predicted octanol–water partition coefficient (Wildman–Crippen LogP) is 11.6. The van der Waals surface area contributed by atoms with Crippen LogP contribution in [0, 0.1) is 0 Å². The molecule has 0 saturated carbocycles. The lowest BCUT2D eigenvalue weighted by atomic mass is 9.77. The van der Waals surface area contributed by atoms with Crippen LogP contribution < -0.4 is 10.6 Å². The molecule has 0 aliphatic heterocycles. The summed E-state index contributed by atoms with van der Waals surface area (Å²) in [7, 11) is -4.38. The van der Waals surface area contributed by atoms with Crippen LogP contribution in [0.1, 0.15) is 44.5 Å². The first-order valence-electron chi connectivity index (χ1n) is 20.3. The first-order chi connectivity index (χ1) is 29.0. The summed E-state index contributed by atoms with van der Waals surface area (Å²) in [5, 5.41) is 8.05. The molecule has 0 amide bonds. The van der Waals surface area contributed by atoms with Gasteiger partial charge in [0.2, 0.25) is 7.37 Å². The molecule has 292 valence electrons. The van der Waals surface area contributed by atoms with Crippen molar-refractivity contribution >= 4 is 7.37 Å². The van der Waals surface area contributed by atoms with Gasteiger partial charge in [-0.15, -0.1) is 0 Å². The van der Waals surface area contributed by atoms with Crippen molar-refractivity contribution in [2.24, 2.45) is 0 Å². The molecule has 0 bridgehead atoms. The van der Waals surface area contributed by atoms with Gasteiger partial charge in [-0.25, -0.2) is 0 Å². The molecule has 3 N–H and O–H groups in total. The Morgan fingerprint density at radius 1 is 0.339 bits per heavy atom. The Balaban J connectivity index is 1.38. The van der Waals surface area contributed by atoms with Crippen molar-refractivity contribution in [3.8, 4) is 0 Å². The van der Waals surface area contributed by atoms with Gasteiger partial charge in [0, 0.05) is 0 Å². The van der Waals surface area contributed by atoms with Crippen LogP contribution >= 0.6 is 7.37 Å². The number of benzene rings is 8. The Morgan fingerprint density at radius 2 is 0.525 bits per heavy atom. The van der Waals surface area contributed by atoms with Crippen molar-refractivity contribution in [2.45, 2.75) is 35.5 Å². The van der Waals surface area contributed by atoms with Crippen LogP contribution in [0.5, 0.6) is 0 Å². The van der Waals surface area contributed by atoms with Gasteiger partial charge >= 0.3 is 0 Å². The van der Waals surface area contributed by atoms with Crippen molar-refractivity contribution in [3.63, 3.8) is 0 Å². The van der Waals surface area contributed by atoms with Crippen LogP contribution in [-0.4, -0.2) is 16.5 Å². The van der Waals surface area contributed by atoms with Gasteiger partial charge in [-0.05, 0) is 57.3 Å². The average Bonchev–Trinajstić information content (AvgIpc) is 3.31. The zero-order valence-corrected chi connectivity index (χ0v) is 33.9. The Bertz CT molecular complexity index is 2150. The van der Waals surface area contributed by atoms with E-state index in [4.69, 9.17) is 0 Å². The predicted molar refractivity (Wildman–Crippen MR) is 242 cm³/mol. The van der Waals surface area contributed by atoms with Gasteiger partial charge in [0.05, 0.1) is 22.6 Å². The van der Waals surface area contributed by atoms with Crippen molar-refractivity contribution in [1.29, 1.82) is 0 Å². The van der Waals surface area contributed by atoms with Crippen LogP contribution in [-0.2, 0) is 28.5 Å². The quantitative estimate of drug-likeness (QED) is 0.0674. The van der Waals surface area contributed by atoms with Gasteiger partial charge in [0.15, 0.2) is 0 Å². The number of rotatable bonds is 16. The van der Waals surface area contributed by atoms with E-state index in [-0.39, 0.29) is 0 Å². The lowest BCUT2D eigenvalue weighted by Crippen LogP contribution is -2.55. The molecule has 0 aliphatic rings. The van der Waals surface area contributed by atoms with E-state index in [1.54, 1.807) is 0 Å². The molecule has 2 unspecified atom stereocenters. The lowest BCUT2D eigenvalue weighted by molar-refractivity contribution is 0.359. The first kappa shape index (κ1) is 39.7. The largest absolute Gasteiger partial charge is 0.342 e. The maximum Gasteiger partial charge on any atom is 0.234 e. The van der Waals surface area contributed by atoms with E-state index >= 15 is 4.57 Å². The summed E-state index contributed by atoms with van der Waals surface area (Å²) in [5.74, 6) is -1.88. The summed E-state index contributed by atoms with van der Waals surface area (Å²) >= 11 is 0. The molecular formula is C54H49N2O2P. The Morgan fingerprint density at radius 3 is 0.729 bits per heavy atom. The van der Waals surface area contributed by atoms with Crippen LogP contribution in [0.2, 0.25) is 0 Å². The minimum Gasteiger partial charge on any atom is -0.342 e. The van der Waals surface area contributed by atoms with Crippen LogP contribution in [0.25, 0.3) is 0 Å². The molecule has 0 fully saturated rings. The molecular weight excluding hydrogens is 740 g/mol. The monoisotopic (exact) mass is 788 g/mol. The van der Waals surface area contributed by atoms with E-state index in [0.717, 1.165) is 44.5 Å². The second-order valence-electron chi connectivity index (χ2n) is 15.1. The molecule has 0 aromatic heterocycles. The van der Waals surface area contributed by atoms with Crippen molar-refractivity contribution < 1.29 is 9.46 Å². The molecule has 0 heterocycles. The van der Waals surface area contributed by atoms with Gasteiger partial charge < -0.3 is 4.89 Å². The Hall–Kier alpha value is -6.13. The number of hydrogen-bond acceptors (Lipinski definition) is 3. The minimum atomic E-state index is -4.38. The van der Waals surface area contributed by atoms with Gasteiger partial charge in [-0.3, -0.25) is 15.2 Å². The number of hydrogen-bond donors (Lipinski definition) is 3. The van der Waals surface area contributed by atoms with Crippen molar-refractivity contribution in [3.05, 3.63) is 287 Å². The van der Waals surface area contributed by atoms with E-state index in [0.29, 0.717) is 12.8 Å². The smallest absolute Gasteiger partial charge is 0.234 e. The Kier molecular flexibility index (Phi) is 12.2. The summed E-state index contributed by atoms with van der Waals surface area (Å²) in [5.41, 5.74) is 5.71. The standard InChI is InChI=1S/C54H49N2O2P/c57-59(58,51(41-43-25-9-1-10-26-43)55-53(45-29-13-3-14-30-45,46-31-15-4-16-32-46)47-33-17-5-18-34-47)52(42-44-27-11-2-12-28-44)56-54(48-35-19-6-20-36-48,49-37-21-7-22-38-49)50-39-23-8-24-40-50/h1-40,51-52,55-56H,41-42H2,(H,57,58). The first-order valence-corrected chi connectivity index (χ1v) is 22.1. The second kappa shape index (κ2) is 18.2. The molecule has 8 aromatic rings. The van der Waals surface area contributed by atoms with E-state index < -0.39 is 30.0 Å².